The maximum absolute atomic E-state index is 13.3. The maximum atomic E-state index is 13.3. The number of piperidine rings is 1. The van der Waals surface area contributed by atoms with Crippen LogP contribution in [0.4, 0.5) is 10.1 Å². The monoisotopic (exact) mass is 300 g/mol. The number of amides is 1. The molecular formula is C13H14ClFN2O3. The quantitative estimate of drug-likeness (QED) is 0.490. The summed E-state index contributed by atoms with van der Waals surface area (Å²) in [4.78, 5) is 24.2. The Morgan fingerprint density at radius 1 is 1.50 bits per heavy atom. The van der Waals surface area contributed by atoms with Gasteiger partial charge in [0.05, 0.1) is 4.92 Å². The number of nitro groups is 1. The van der Waals surface area contributed by atoms with E-state index in [0.717, 1.165) is 37.5 Å². The van der Waals surface area contributed by atoms with Gasteiger partial charge >= 0.3 is 0 Å². The number of rotatable bonds is 3. The fraction of sp³-hybridized carbons (Fsp3) is 0.462. The number of carbonyl (C=O) groups excluding carboxylic acids is 1. The second-order valence-electron chi connectivity index (χ2n) is 4.72. The Kier molecular flexibility index (Phi) is 4.54. The molecule has 1 fully saturated rings. The second-order valence-corrected chi connectivity index (χ2v) is 5.03. The molecule has 1 aromatic carbocycles. The molecule has 1 heterocycles. The molecule has 1 aliphatic rings. The van der Waals surface area contributed by atoms with Crippen LogP contribution in [0.5, 0.6) is 0 Å². The van der Waals surface area contributed by atoms with Crippen molar-refractivity contribution in [1.82, 2.24) is 4.90 Å². The zero-order chi connectivity index (χ0) is 14.7. The highest BCUT2D eigenvalue weighted by atomic mass is 35.5. The van der Waals surface area contributed by atoms with Gasteiger partial charge in [-0.1, -0.05) is 0 Å². The van der Waals surface area contributed by atoms with Crippen molar-refractivity contribution in [1.29, 1.82) is 0 Å². The highest BCUT2D eigenvalue weighted by molar-refractivity contribution is 6.18. The van der Waals surface area contributed by atoms with Crippen LogP contribution in [0.15, 0.2) is 18.2 Å². The van der Waals surface area contributed by atoms with Gasteiger partial charge in [-0.3, -0.25) is 14.9 Å². The van der Waals surface area contributed by atoms with Gasteiger partial charge < -0.3 is 4.90 Å². The van der Waals surface area contributed by atoms with E-state index in [4.69, 9.17) is 11.6 Å². The average molecular weight is 301 g/mol. The Morgan fingerprint density at radius 3 is 2.90 bits per heavy atom. The molecule has 7 heteroatoms. The number of hydrogen-bond acceptors (Lipinski definition) is 3. The van der Waals surface area contributed by atoms with Crippen LogP contribution < -0.4 is 0 Å². The fourth-order valence-electron chi connectivity index (χ4n) is 2.42. The Labute approximate surface area is 120 Å². The highest BCUT2D eigenvalue weighted by Crippen LogP contribution is 2.25. The summed E-state index contributed by atoms with van der Waals surface area (Å²) >= 11 is 5.84. The topological polar surface area (TPSA) is 63.4 Å². The Bertz CT molecular complexity index is 538. The third kappa shape index (κ3) is 2.90. The van der Waals surface area contributed by atoms with Crippen molar-refractivity contribution in [2.24, 2.45) is 0 Å². The molecule has 0 aliphatic carbocycles. The van der Waals surface area contributed by atoms with E-state index in [2.05, 4.69) is 0 Å². The van der Waals surface area contributed by atoms with Gasteiger partial charge in [-0.25, -0.2) is 4.39 Å². The first-order chi connectivity index (χ1) is 9.54. The highest BCUT2D eigenvalue weighted by Gasteiger charge is 2.31. The first-order valence-electron chi connectivity index (χ1n) is 6.35. The maximum Gasteiger partial charge on any atom is 0.282 e. The molecule has 2 rings (SSSR count). The summed E-state index contributed by atoms with van der Waals surface area (Å²) in [5, 5.41) is 11.0. The normalized spacial score (nSPS) is 18.9. The van der Waals surface area contributed by atoms with Crippen LogP contribution >= 0.6 is 11.6 Å². The first kappa shape index (κ1) is 14.7. The number of benzene rings is 1. The predicted molar refractivity (Wildman–Crippen MR) is 72.4 cm³/mol. The van der Waals surface area contributed by atoms with Gasteiger partial charge in [-0.05, 0) is 31.4 Å². The van der Waals surface area contributed by atoms with Crippen LogP contribution in [0.2, 0.25) is 0 Å². The van der Waals surface area contributed by atoms with Gasteiger partial charge in [0, 0.05) is 24.5 Å². The Morgan fingerprint density at radius 2 is 2.25 bits per heavy atom. The molecule has 1 aliphatic heterocycles. The molecular weight excluding hydrogens is 287 g/mol. The Balaban J connectivity index is 2.36. The van der Waals surface area contributed by atoms with E-state index in [1.807, 2.05) is 0 Å². The number of likely N-dealkylation sites (tertiary alicyclic amines) is 1. The molecule has 1 amide bonds. The molecule has 1 unspecified atom stereocenters. The lowest BCUT2D eigenvalue weighted by Gasteiger charge is -2.34. The van der Waals surface area contributed by atoms with Crippen LogP contribution in [0.1, 0.15) is 29.6 Å². The fourth-order valence-corrected chi connectivity index (χ4v) is 2.74. The number of alkyl halides is 1. The molecule has 0 aromatic heterocycles. The molecule has 0 bridgehead atoms. The van der Waals surface area contributed by atoms with Crippen molar-refractivity contribution < 1.29 is 14.1 Å². The molecule has 1 aromatic rings. The largest absolute Gasteiger partial charge is 0.334 e. The van der Waals surface area contributed by atoms with Crippen molar-refractivity contribution in [3.63, 3.8) is 0 Å². The van der Waals surface area contributed by atoms with Crippen molar-refractivity contribution in [3.05, 3.63) is 39.7 Å². The van der Waals surface area contributed by atoms with E-state index >= 15 is 0 Å². The third-order valence-electron chi connectivity index (χ3n) is 3.45. The van der Waals surface area contributed by atoms with Crippen molar-refractivity contribution in [3.8, 4) is 0 Å². The first-order valence-corrected chi connectivity index (χ1v) is 6.89. The zero-order valence-electron chi connectivity index (χ0n) is 10.7. The SMILES string of the molecule is O=C(c1cc(F)ccc1[N+](=O)[O-])N1CCCCC1CCl. The van der Waals surface area contributed by atoms with Gasteiger partial charge in [0.15, 0.2) is 0 Å². The van der Waals surface area contributed by atoms with Gasteiger partial charge in [0.25, 0.3) is 11.6 Å². The van der Waals surface area contributed by atoms with Crippen LogP contribution in [-0.2, 0) is 0 Å². The molecule has 108 valence electrons. The van der Waals surface area contributed by atoms with Gasteiger partial charge in [-0.2, -0.15) is 0 Å². The van der Waals surface area contributed by atoms with E-state index in [0.29, 0.717) is 6.54 Å². The van der Waals surface area contributed by atoms with Crippen LogP contribution in [-0.4, -0.2) is 34.2 Å². The summed E-state index contributed by atoms with van der Waals surface area (Å²) in [6.45, 7) is 0.490. The lowest BCUT2D eigenvalue weighted by Crippen LogP contribution is -2.44. The van der Waals surface area contributed by atoms with E-state index in [1.165, 1.54) is 4.90 Å². The average Bonchev–Trinajstić information content (AvgIpc) is 2.46. The predicted octanol–water partition coefficient (Wildman–Crippen LogP) is 2.97. The lowest BCUT2D eigenvalue weighted by atomic mass is 10.0. The van der Waals surface area contributed by atoms with E-state index in [-0.39, 0.29) is 23.2 Å². The molecule has 0 spiro atoms. The van der Waals surface area contributed by atoms with Crippen LogP contribution in [0.3, 0.4) is 0 Å². The summed E-state index contributed by atoms with van der Waals surface area (Å²) in [7, 11) is 0. The minimum Gasteiger partial charge on any atom is -0.334 e. The van der Waals surface area contributed by atoms with Gasteiger partial charge in [0.1, 0.15) is 11.4 Å². The zero-order valence-corrected chi connectivity index (χ0v) is 11.5. The van der Waals surface area contributed by atoms with Crippen molar-refractivity contribution >= 4 is 23.2 Å². The molecule has 0 saturated carbocycles. The summed E-state index contributed by atoms with van der Waals surface area (Å²) in [6, 6.07) is 2.76. The molecule has 5 nitrogen and oxygen atoms in total. The van der Waals surface area contributed by atoms with Crippen LogP contribution in [0.25, 0.3) is 0 Å². The summed E-state index contributed by atoms with van der Waals surface area (Å²) < 4.78 is 13.3. The minimum absolute atomic E-state index is 0.152. The number of halogens is 2. The molecule has 0 radical (unpaired) electrons. The second kappa shape index (κ2) is 6.17. The lowest BCUT2D eigenvalue weighted by molar-refractivity contribution is -0.385. The van der Waals surface area contributed by atoms with Crippen LogP contribution in [0, 0.1) is 15.9 Å². The smallest absolute Gasteiger partial charge is 0.282 e. The van der Waals surface area contributed by atoms with Crippen molar-refractivity contribution in [2.75, 3.05) is 12.4 Å². The number of nitrogens with zero attached hydrogens (tertiary/aromatic N) is 2. The number of carbonyl (C=O) groups is 1. The summed E-state index contributed by atoms with van der Waals surface area (Å²) in [5.41, 5.74) is -0.595. The number of hydrogen-bond donors (Lipinski definition) is 0. The van der Waals surface area contributed by atoms with E-state index < -0.39 is 16.6 Å². The van der Waals surface area contributed by atoms with E-state index in [9.17, 15) is 19.3 Å². The molecule has 1 saturated heterocycles. The van der Waals surface area contributed by atoms with Crippen molar-refractivity contribution in [2.45, 2.75) is 25.3 Å². The minimum atomic E-state index is -0.674. The molecule has 20 heavy (non-hydrogen) atoms. The van der Waals surface area contributed by atoms with E-state index in [1.54, 1.807) is 0 Å². The standard InChI is InChI=1S/C13H14ClFN2O3/c14-8-10-3-1-2-6-16(10)13(18)11-7-9(15)4-5-12(11)17(19)20/h4-5,7,10H,1-3,6,8H2. The summed E-state index contributed by atoms with van der Waals surface area (Å²) in [5.74, 6) is -0.922. The third-order valence-corrected chi connectivity index (χ3v) is 3.81. The molecule has 1 atom stereocenters. The Hall–Kier alpha value is -1.69. The summed E-state index contributed by atoms with van der Waals surface area (Å²) in [6.07, 6.45) is 2.55. The van der Waals surface area contributed by atoms with Gasteiger partial charge in [-0.15, -0.1) is 11.6 Å². The molecule has 0 N–H and O–H groups in total. The van der Waals surface area contributed by atoms with Gasteiger partial charge in [0.2, 0.25) is 0 Å². The number of nitro benzene ring substituents is 1.